The Labute approximate surface area is 119 Å². The highest BCUT2D eigenvalue weighted by Gasteiger charge is 2.13. The predicted molar refractivity (Wildman–Crippen MR) is 77.1 cm³/mol. The maximum atomic E-state index is 10.4. The van der Waals surface area contributed by atoms with Crippen LogP contribution >= 0.6 is 0 Å². The molecule has 1 heterocycles. The highest BCUT2D eigenvalue weighted by molar-refractivity contribution is 5.45. The Bertz CT molecular complexity index is 543. The summed E-state index contributed by atoms with van der Waals surface area (Å²) in [5.74, 6) is 1.35. The van der Waals surface area contributed by atoms with Crippen LogP contribution in [0.4, 0.5) is 0 Å². The lowest BCUT2D eigenvalue weighted by Gasteiger charge is -2.15. The molecule has 0 saturated heterocycles. The molecular formula is C16H19NO3. The van der Waals surface area contributed by atoms with Crippen LogP contribution in [-0.4, -0.2) is 23.3 Å². The van der Waals surface area contributed by atoms with E-state index in [1.807, 2.05) is 32.0 Å². The fraction of sp³-hybridized carbons (Fsp3) is 0.312. The molecule has 0 aliphatic carbocycles. The van der Waals surface area contributed by atoms with Gasteiger partial charge in [0.2, 0.25) is 0 Å². The van der Waals surface area contributed by atoms with Gasteiger partial charge in [0.15, 0.2) is 11.5 Å². The molecule has 0 saturated carbocycles. The first-order valence-electron chi connectivity index (χ1n) is 6.73. The average Bonchev–Trinajstić information content (AvgIpc) is 2.50. The topological polar surface area (TPSA) is 51.6 Å². The maximum Gasteiger partial charge on any atom is 0.161 e. The van der Waals surface area contributed by atoms with Crippen LogP contribution in [0, 0.1) is 0 Å². The molecule has 0 bridgehead atoms. The molecule has 4 heteroatoms. The molecule has 1 aromatic heterocycles. The standard InChI is InChI=1S/C16H19NO3/c1-3-19-14-6-5-13(11-15(14)20-4-2)16(18)12-7-9-17-10-8-12/h5-11,16,18H,3-4H2,1-2H3. The van der Waals surface area contributed by atoms with E-state index in [1.54, 1.807) is 24.5 Å². The number of rotatable bonds is 6. The van der Waals surface area contributed by atoms with E-state index in [2.05, 4.69) is 4.98 Å². The minimum atomic E-state index is -0.701. The predicted octanol–water partition coefficient (Wildman–Crippen LogP) is 2.96. The molecule has 0 aliphatic rings. The van der Waals surface area contributed by atoms with E-state index in [0.29, 0.717) is 24.7 Å². The Hall–Kier alpha value is -2.07. The van der Waals surface area contributed by atoms with Gasteiger partial charge in [-0.3, -0.25) is 4.98 Å². The number of aliphatic hydroxyl groups excluding tert-OH is 1. The SMILES string of the molecule is CCOc1ccc(C(O)c2ccncc2)cc1OCC. The number of hydrogen-bond acceptors (Lipinski definition) is 4. The number of hydrogen-bond donors (Lipinski definition) is 1. The van der Waals surface area contributed by atoms with Crippen molar-refractivity contribution >= 4 is 0 Å². The molecule has 0 spiro atoms. The first-order valence-corrected chi connectivity index (χ1v) is 6.73. The van der Waals surface area contributed by atoms with Gasteiger partial charge in [0.1, 0.15) is 6.10 Å². The van der Waals surface area contributed by atoms with Crippen molar-refractivity contribution in [1.29, 1.82) is 0 Å². The van der Waals surface area contributed by atoms with Crippen molar-refractivity contribution in [2.45, 2.75) is 20.0 Å². The first-order chi connectivity index (χ1) is 9.76. The number of pyridine rings is 1. The lowest BCUT2D eigenvalue weighted by atomic mass is 10.0. The number of nitrogens with zero attached hydrogens (tertiary/aromatic N) is 1. The van der Waals surface area contributed by atoms with Gasteiger partial charge in [0.25, 0.3) is 0 Å². The van der Waals surface area contributed by atoms with Crippen LogP contribution in [0.15, 0.2) is 42.7 Å². The Morgan fingerprint density at radius 2 is 1.60 bits per heavy atom. The fourth-order valence-electron chi connectivity index (χ4n) is 1.98. The molecule has 0 aliphatic heterocycles. The minimum Gasteiger partial charge on any atom is -0.490 e. The largest absolute Gasteiger partial charge is 0.490 e. The van der Waals surface area contributed by atoms with Gasteiger partial charge in [-0.25, -0.2) is 0 Å². The third kappa shape index (κ3) is 3.27. The number of ether oxygens (including phenoxy) is 2. The zero-order valence-corrected chi connectivity index (χ0v) is 11.7. The van der Waals surface area contributed by atoms with Crippen molar-refractivity contribution in [1.82, 2.24) is 4.98 Å². The number of aromatic nitrogens is 1. The second-order valence-corrected chi connectivity index (χ2v) is 4.26. The average molecular weight is 273 g/mol. The highest BCUT2D eigenvalue weighted by atomic mass is 16.5. The molecule has 106 valence electrons. The Morgan fingerprint density at radius 3 is 2.25 bits per heavy atom. The quantitative estimate of drug-likeness (QED) is 0.879. The van der Waals surface area contributed by atoms with Crippen molar-refractivity contribution in [3.8, 4) is 11.5 Å². The first kappa shape index (κ1) is 14.3. The van der Waals surface area contributed by atoms with Crippen molar-refractivity contribution in [2.75, 3.05) is 13.2 Å². The summed E-state index contributed by atoms with van der Waals surface area (Å²) in [6.07, 6.45) is 2.63. The summed E-state index contributed by atoms with van der Waals surface area (Å²) >= 11 is 0. The van der Waals surface area contributed by atoms with Gasteiger partial charge in [-0.1, -0.05) is 6.07 Å². The molecular weight excluding hydrogens is 254 g/mol. The monoisotopic (exact) mass is 273 g/mol. The van der Waals surface area contributed by atoms with E-state index < -0.39 is 6.10 Å². The van der Waals surface area contributed by atoms with Crippen LogP contribution < -0.4 is 9.47 Å². The van der Waals surface area contributed by atoms with Gasteiger partial charge in [-0.2, -0.15) is 0 Å². The molecule has 2 rings (SSSR count). The molecule has 0 radical (unpaired) electrons. The summed E-state index contributed by atoms with van der Waals surface area (Å²) in [4.78, 5) is 3.95. The minimum absolute atomic E-state index is 0.550. The summed E-state index contributed by atoms with van der Waals surface area (Å²) in [6, 6.07) is 9.08. The Kier molecular flexibility index (Phi) is 4.96. The molecule has 0 amide bonds. The molecule has 0 fully saturated rings. The molecule has 1 atom stereocenters. The van der Waals surface area contributed by atoms with Crippen LogP contribution in [-0.2, 0) is 0 Å². The van der Waals surface area contributed by atoms with Crippen LogP contribution in [0.1, 0.15) is 31.1 Å². The third-order valence-corrected chi connectivity index (χ3v) is 2.91. The van der Waals surface area contributed by atoms with Crippen molar-refractivity contribution in [3.63, 3.8) is 0 Å². The van der Waals surface area contributed by atoms with Gasteiger partial charge in [0.05, 0.1) is 13.2 Å². The van der Waals surface area contributed by atoms with Crippen LogP contribution in [0.3, 0.4) is 0 Å². The zero-order valence-electron chi connectivity index (χ0n) is 11.7. The van der Waals surface area contributed by atoms with Gasteiger partial charge in [0, 0.05) is 12.4 Å². The zero-order chi connectivity index (χ0) is 14.4. The van der Waals surface area contributed by atoms with Crippen LogP contribution in [0.5, 0.6) is 11.5 Å². The van der Waals surface area contributed by atoms with Crippen LogP contribution in [0.25, 0.3) is 0 Å². The van der Waals surface area contributed by atoms with E-state index in [1.165, 1.54) is 0 Å². The summed E-state index contributed by atoms with van der Waals surface area (Å²) in [7, 11) is 0. The second kappa shape index (κ2) is 6.91. The highest BCUT2D eigenvalue weighted by Crippen LogP contribution is 2.32. The summed E-state index contributed by atoms with van der Waals surface area (Å²) in [5, 5.41) is 10.4. The summed E-state index contributed by atoms with van der Waals surface area (Å²) in [6.45, 7) is 4.97. The van der Waals surface area contributed by atoms with Gasteiger partial charge >= 0.3 is 0 Å². The van der Waals surface area contributed by atoms with E-state index in [9.17, 15) is 5.11 Å². The van der Waals surface area contributed by atoms with E-state index in [4.69, 9.17) is 9.47 Å². The molecule has 2 aromatic rings. The smallest absolute Gasteiger partial charge is 0.161 e. The van der Waals surface area contributed by atoms with Gasteiger partial charge in [-0.05, 0) is 49.2 Å². The lowest BCUT2D eigenvalue weighted by molar-refractivity contribution is 0.218. The van der Waals surface area contributed by atoms with Crippen molar-refractivity contribution in [3.05, 3.63) is 53.9 Å². The maximum absolute atomic E-state index is 10.4. The summed E-state index contributed by atoms with van der Waals surface area (Å²) in [5.41, 5.74) is 1.56. The molecule has 1 aromatic carbocycles. The van der Waals surface area contributed by atoms with Crippen LogP contribution in [0.2, 0.25) is 0 Å². The van der Waals surface area contributed by atoms with Gasteiger partial charge < -0.3 is 14.6 Å². The Morgan fingerprint density at radius 1 is 0.950 bits per heavy atom. The van der Waals surface area contributed by atoms with E-state index in [0.717, 1.165) is 11.1 Å². The normalized spacial score (nSPS) is 11.9. The second-order valence-electron chi connectivity index (χ2n) is 4.26. The fourth-order valence-corrected chi connectivity index (χ4v) is 1.98. The molecule has 1 N–H and O–H groups in total. The summed E-state index contributed by atoms with van der Waals surface area (Å²) < 4.78 is 11.1. The number of aliphatic hydroxyl groups is 1. The number of benzene rings is 1. The molecule has 1 unspecified atom stereocenters. The van der Waals surface area contributed by atoms with Crippen molar-refractivity contribution in [2.24, 2.45) is 0 Å². The van der Waals surface area contributed by atoms with E-state index >= 15 is 0 Å². The van der Waals surface area contributed by atoms with E-state index in [-0.39, 0.29) is 0 Å². The molecule has 20 heavy (non-hydrogen) atoms. The van der Waals surface area contributed by atoms with Gasteiger partial charge in [-0.15, -0.1) is 0 Å². The molecule has 4 nitrogen and oxygen atoms in total. The lowest BCUT2D eigenvalue weighted by Crippen LogP contribution is -2.03. The Balaban J connectivity index is 2.30. The van der Waals surface area contributed by atoms with Crippen molar-refractivity contribution < 1.29 is 14.6 Å². The third-order valence-electron chi connectivity index (χ3n) is 2.91.